The Balaban J connectivity index is 1.28. The van der Waals surface area contributed by atoms with Crippen molar-refractivity contribution >= 4 is 17.2 Å². The minimum atomic E-state index is 0.0773. The molecule has 29 heavy (non-hydrogen) atoms. The molecule has 0 saturated carbocycles. The Hall–Kier alpha value is -2.82. The Morgan fingerprint density at radius 1 is 1.03 bits per heavy atom. The van der Waals surface area contributed by atoms with Gasteiger partial charge in [-0.3, -0.25) is 4.79 Å². The normalized spacial score (nSPS) is 19.4. The fourth-order valence-corrected chi connectivity index (χ4v) is 4.79. The fourth-order valence-electron chi connectivity index (χ4n) is 4.79. The molecule has 3 aromatic rings. The highest BCUT2D eigenvalue weighted by atomic mass is 16.2. The number of imidazole rings is 1. The van der Waals surface area contributed by atoms with Gasteiger partial charge < -0.3 is 14.2 Å². The summed E-state index contributed by atoms with van der Waals surface area (Å²) in [4.78, 5) is 22.5. The number of hydrogen-bond acceptors (Lipinski definition) is 3. The van der Waals surface area contributed by atoms with E-state index in [9.17, 15) is 4.79 Å². The van der Waals surface area contributed by atoms with E-state index in [0.29, 0.717) is 5.91 Å². The van der Waals surface area contributed by atoms with Crippen LogP contribution in [0.15, 0.2) is 42.6 Å². The first-order chi connectivity index (χ1) is 14.1. The molecule has 1 saturated heterocycles. The van der Waals surface area contributed by atoms with Gasteiger partial charge in [0.15, 0.2) is 0 Å². The number of pyridine rings is 1. The van der Waals surface area contributed by atoms with Crippen molar-refractivity contribution < 1.29 is 4.79 Å². The van der Waals surface area contributed by atoms with E-state index in [0.717, 1.165) is 51.1 Å². The van der Waals surface area contributed by atoms with Gasteiger partial charge in [-0.2, -0.15) is 0 Å². The molecule has 3 heterocycles. The summed E-state index contributed by atoms with van der Waals surface area (Å²) < 4.78 is 2.19. The van der Waals surface area contributed by atoms with Crippen LogP contribution in [0.2, 0.25) is 0 Å². The first-order valence-corrected chi connectivity index (χ1v) is 10.7. The number of aryl methyl sites for hydroxylation is 3. The van der Waals surface area contributed by atoms with Crippen molar-refractivity contribution in [1.29, 1.82) is 0 Å². The molecule has 0 bridgehead atoms. The zero-order chi connectivity index (χ0) is 20.0. The third-order valence-electron chi connectivity index (χ3n) is 6.43. The number of benzene rings is 1. The lowest BCUT2D eigenvalue weighted by Gasteiger charge is -2.38. The summed E-state index contributed by atoms with van der Waals surface area (Å²) >= 11 is 0. The molecule has 2 aliphatic rings. The third-order valence-corrected chi connectivity index (χ3v) is 6.43. The molecule has 0 N–H and O–H groups in total. The summed E-state index contributed by atoms with van der Waals surface area (Å²) in [5.74, 6) is 0.399. The van der Waals surface area contributed by atoms with Crippen LogP contribution in [0.5, 0.6) is 0 Å². The average Bonchev–Trinajstić information content (AvgIpc) is 3.10. The first kappa shape index (κ1) is 18.2. The van der Waals surface area contributed by atoms with Crippen LogP contribution < -0.4 is 4.90 Å². The molecule has 5 nitrogen and oxygen atoms in total. The number of aromatic nitrogens is 2. The van der Waals surface area contributed by atoms with E-state index in [-0.39, 0.29) is 5.92 Å². The molecular formula is C24H28N4O. The van der Waals surface area contributed by atoms with Crippen LogP contribution in [-0.2, 0) is 17.6 Å². The molecular weight excluding hydrogens is 360 g/mol. The molecule has 1 amide bonds. The van der Waals surface area contributed by atoms with Gasteiger partial charge in [0, 0.05) is 56.1 Å². The van der Waals surface area contributed by atoms with Crippen molar-refractivity contribution in [3.63, 3.8) is 0 Å². The number of rotatable bonds is 2. The number of amides is 1. The van der Waals surface area contributed by atoms with Crippen molar-refractivity contribution in [3.8, 4) is 0 Å². The summed E-state index contributed by atoms with van der Waals surface area (Å²) in [6.45, 7) is 7.65. The lowest BCUT2D eigenvalue weighted by molar-refractivity contribution is -0.136. The Labute approximate surface area is 172 Å². The lowest BCUT2D eigenvalue weighted by atomic mass is 9.88. The largest absolute Gasteiger partial charge is 0.368 e. The summed E-state index contributed by atoms with van der Waals surface area (Å²) in [5.41, 5.74) is 7.16. The van der Waals surface area contributed by atoms with Crippen LogP contribution in [0.3, 0.4) is 0 Å². The van der Waals surface area contributed by atoms with Crippen molar-refractivity contribution in [2.75, 3.05) is 31.1 Å². The SMILES string of the molecule is Cc1cccc(N2CCN(C(=O)C3CCc4nc5ccc(C)cn5c4C3)CC2)c1. The highest BCUT2D eigenvalue weighted by molar-refractivity contribution is 5.80. The van der Waals surface area contributed by atoms with Crippen LogP contribution in [0.1, 0.15) is 28.9 Å². The average molecular weight is 389 g/mol. The van der Waals surface area contributed by atoms with E-state index in [1.807, 2.05) is 0 Å². The number of carbonyl (C=O) groups excluding carboxylic acids is 1. The summed E-state index contributed by atoms with van der Waals surface area (Å²) in [7, 11) is 0. The van der Waals surface area contributed by atoms with E-state index in [4.69, 9.17) is 4.98 Å². The zero-order valence-electron chi connectivity index (χ0n) is 17.3. The van der Waals surface area contributed by atoms with E-state index >= 15 is 0 Å². The number of nitrogens with zero attached hydrogens (tertiary/aromatic N) is 4. The second-order valence-corrected chi connectivity index (χ2v) is 8.53. The number of hydrogen-bond donors (Lipinski definition) is 0. The van der Waals surface area contributed by atoms with Gasteiger partial charge in [0.2, 0.25) is 5.91 Å². The van der Waals surface area contributed by atoms with Gasteiger partial charge in [0.1, 0.15) is 5.65 Å². The van der Waals surface area contributed by atoms with Crippen molar-refractivity contribution in [2.24, 2.45) is 5.92 Å². The maximum Gasteiger partial charge on any atom is 0.226 e. The van der Waals surface area contributed by atoms with Crippen LogP contribution >= 0.6 is 0 Å². The van der Waals surface area contributed by atoms with Gasteiger partial charge >= 0.3 is 0 Å². The van der Waals surface area contributed by atoms with Gasteiger partial charge in [0.05, 0.1) is 5.69 Å². The van der Waals surface area contributed by atoms with Crippen molar-refractivity contribution in [1.82, 2.24) is 14.3 Å². The molecule has 0 radical (unpaired) electrons. The highest BCUT2D eigenvalue weighted by Gasteiger charge is 2.32. The Bertz CT molecular complexity index is 1060. The lowest BCUT2D eigenvalue weighted by Crippen LogP contribution is -2.51. The number of carbonyl (C=O) groups is 1. The molecule has 1 atom stereocenters. The van der Waals surface area contributed by atoms with E-state index < -0.39 is 0 Å². The molecule has 1 unspecified atom stereocenters. The Morgan fingerprint density at radius 3 is 2.66 bits per heavy atom. The maximum atomic E-state index is 13.3. The molecule has 1 aliphatic carbocycles. The Kier molecular flexibility index (Phi) is 4.53. The predicted octanol–water partition coefficient (Wildman–Crippen LogP) is 3.40. The van der Waals surface area contributed by atoms with Gasteiger partial charge in [-0.1, -0.05) is 18.2 Å². The summed E-state index contributed by atoms with van der Waals surface area (Å²) in [6.07, 6.45) is 4.76. The second-order valence-electron chi connectivity index (χ2n) is 8.53. The summed E-state index contributed by atoms with van der Waals surface area (Å²) in [6, 6.07) is 12.8. The highest BCUT2D eigenvalue weighted by Crippen LogP contribution is 2.28. The van der Waals surface area contributed by atoms with Crippen LogP contribution in [0, 0.1) is 19.8 Å². The molecule has 1 fully saturated rings. The molecule has 0 spiro atoms. The van der Waals surface area contributed by atoms with Crippen molar-refractivity contribution in [2.45, 2.75) is 33.1 Å². The first-order valence-electron chi connectivity index (χ1n) is 10.7. The quantitative estimate of drug-likeness (QED) is 0.676. The minimum absolute atomic E-state index is 0.0773. The van der Waals surface area contributed by atoms with Gasteiger partial charge in [-0.15, -0.1) is 0 Å². The second kappa shape index (κ2) is 7.21. The number of anilines is 1. The fraction of sp³-hybridized carbons (Fsp3) is 0.417. The molecule has 150 valence electrons. The maximum absolute atomic E-state index is 13.3. The van der Waals surface area contributed by atoms with Gasteiger partial charge in [-0.05, 0) is 56.0 Å². The van der Waals surface area contributed by atoms with Crippen molar-refractivity contribution in [3.05, 3.63) is 65.1 Å². The topological polar surface area (TPSA) is 40.8 Å². The zero-order valence-corrected chi connectivity index (χ0v) is 17.3. The predicted molar refractivity (Wildman–Crippen MR) is 115 cm³/mol. The monoisotopic (exact) mass is 388 g/mol. The van der Waals surface area contributed by atoms with Crippen LogP contribution in [0.4, 0.5) is 5.69 Å². The standard InChI is InChI=1S/C24H28N4O/c1-17-4-3-5-20(14-17)26-10-12-27(13-11-26)24(29)19-7-8-21-22(15-19)28-16-18(2)6-9-23(28)25-21/h3-6,9,14,16,19H,7-8,10-13,15H2,1-2H3. The minimum Gasteiger partial charge on any atom is -0.368 e. The Morgan fingerprint density at radius 2 is 1.86 bits per heavy atom. The molecule has 1 aliphatic heterocycles. The summed E-state index contributed by atoms with van der Waals surface area (Å²) in [5, 5.41) is 0. The van der Waals surface area contributed by atoms with E-state index in [2.05, 4.69) is 70.6 Å². The molecule has 5 heteroatoms. The third kappa shape index (κ3) is 3.39. The smallest absolute Gasteiger partial charge is 0.226 e. The molecule has 1 aromatic carbocycles. The van der Waals surface area contributed by atoms with Crippen LogP contribution in [0.25, 0.3) is 5.65 Å². The van der Waals surface area contributed by atoms with E-state index in [1.165, 1.54) is 28.2 Å². The van der Waals surface area contributed by atoms with Gasteiger partial charge in [-0.25, -0.2) is 4.98 Å². The number of piperazine rings is 1. The van der Waals surface area contributed by atoms with E-state index in [1.54, 1.807) is 0 Å². The van der Waals surface area contributed by atoms with Crippen LogP contribution in [-0.4, -0.2) is 46.4 Å². The molecule has 5 rings (SSSR count). The molecule has 2 aromatic heterocycles. The number of fused-ring (bicyclic) bond motifs is 3. The van der Waals surface area contributed by atoms with Gasteiger partial charge in [0.25, 0.3) is 0 Å².